The SMILES string of the molecule is N#Cc1ccc(F)c(CNC(=O)N[C@H]2C[C@@H]2c2ccccc2)c1. The minimum atomic E-state index is -0.433. The van der Waals surface area contributed by atoms with Gasteiger partial charge in [-0.3, -0.25) is 0 Å². The third-order valence-corrected chi connectivity index (χ3v) is 3.95. The molecule has 0 spiro atoms. The molecule has 0 aromatic heterocycles. The molecule has 1 fully saturated rings. The summed E-state index contributed by atoms with van der Waals surface area (Å²) in [4.78, 5) is 11.9. The van der Waals surface area contributed by atoms with Crippen LogP contribution in [-0.4, -0.2) is 12.1 Å². The Kier molecular flexibility index (Phi) is 4.24. The van der Waals surface area contributed by atoms with Crippen LogP contribution in [0.3, 0.4) is 0 Å². The number of halogens is 1. The maximum atomic E-state index is 13.6. The average molecular weight is 309 g/mol. The molecule has 4 nitrogen and oxygen atoms in total. The Hall–Kier alpha value is -2.87. The number of amides is 2. The van der Waals surface area contributed by atoms with Crippen LogP contribution in [0.5, 0.6) is 0 Å². The first-order valence-corrected chi connectivity index (χ1v) is 7.45. The largest absolute Gasteiger partial charge is 0.335 e. The van der Waals surface area contributed by atoms with Gasteiger partial charge < -0.3 is 10.6 Å². The van der Waals surface area contributed by atoms with Gasteiger partial charge in [0.25, 0.3) is 0 Å². The van der Waals surface area contributed by atoms with E-state index in [9.17, 15) is 9.18 Å². The topological polar surface area (TPSA) is 64.9 Å². The van der Waals surface area contributed by atoms with Gasteiger partial charge >= 0.3 is 6.03 Å². The number of hydrogen-bond acceptors (Lipinski definition) is 2. The molecule has 1 aliphatic carbocycles. The molecule has 0 aliphatic heterocycles. The van der Waals surface area contributed by atoms with Gasteiger partial charge in [-0.05, 0) is 30.2 Å². The van der Waals surface area contributed by atoms with Crippen molar-refractivity contribution in [1.82, 2.24) is 10.6 Å². The van der Waals surface area contributed by atoms with Gasteiger partial charge in [0.05, 0.1) is 11.6 Å². The van der Waals surface area contributed by atoms with Crippen molar-refractivity contribution in [3.63, 3.8) is 0 Å². The summed E-state index contributed by atoms with van der Waals surface area (Å²) in [5.74, 6) is -0.0847. The average Bonchev–Trinajstić information content (AvgIpc) is 3.34. The molecular formula is C18H16FN3O. The summed E-state index contributed by atoms with van der Waals surface area (Å²) < 4.78 is 13.6. The predicted octanol–water partition coefficient (Wildman–Crippen LogP) is 3.05. The molecule has 1 saturated carbocycles. The number of benzene rings is 2. The Labute approximate surface area is 133 Å². The van der Waals surface area contributed by atoms with E-state index in [0.717, 1.165) is 6.42 Å². The zero-order valence-electron chi connectivity index (χ0n) is 12.4. The van der Waals surface area contributed by atoms with Crippen LogP contribution in [0.1, 0.15) is 29.0 Å². The molecule has 0 unspecified atom stereocenters. The van der Waals surface area contributed by atoms with Crippen LogP contribution in [0.2, 0.25) is 0 Å². The summed E-state index contributed by atoms with van der Waals surface area (Å²) in [6, 6.07) is 15.9. The zero-order chi connectivity index (χ0) is 16.2. The molecule has 2 amide bonds. The summed E-state index contributed by atoms with van der Waals surface area (Å²) in [6.45, 7) is 0.0515. The van der Waals surface area contributed by atoms with Gasteiger partial charge in [-0.15, -0.1) is 0 Å². The lowest BCUT2D eigenvalue weighted by Crippen LogP contribution is -2.37. The summed E-state index contributed by atoms with van der Waals surface area (Å²) in [5, 5.41) is 14.3. The number of nitrogens with one attached hydrogen (secondary N) is 2. The molecule has 0 bridgehead atoms. The van der Waals surface area contributed by atoms with Crippen molar-refractivity contribution in [2.24, 2.45) is 0 Å². The van der Waals surface area contributed by atoms with E-state index in [4.69, 9.17) is 5.26 Å². The smallest absolute Gasteiger partial charge is 0.315 e. The van der Waals surface area contributed by atoms with Crippen molar-refractivity contribution in [3.05, 3.63) is 71.0 Å². The lowest BCUT2D eigenvalue weighted by molar-refractivity contribution is 0.240. The van der Waals surface area contributed by atoms with Crippen LogP contribution in [0, 0.1) is 17.1 Å². The molecule has 5 heteroatoms. The number of carbonyl (C=O) groups excluding carboxylic acids is 1. The molecule has 0 saturated heterocycles. The Morgan fingerprint density at radius 3 is 2.78 bits per heavy atom. The molecule has 0 radical (unpaired) electrons. The van der Waals surface area contributed by atoms with Gasteiger partial charge in [-0.2, -0.15) is 5.26 Å². The summed E-state index contributed by atoms with van der Waals surface area (Å²) in [7, 11) is 0. The third kappa shape index (κ3) is 3.67. The number of hydrogen-bond donors (Lipinski definition) is 2. The van der Waals surface area contributed by atoms with Crippen molar-refractivity contribution >= 4 is 6.03 Å². The van der Waals surface area contributed by atoms with Crippen molar-refractivity contribution in [1.29, 1.82) is 5.26 Å². The van der Waals surface area contributed by atoms with Crippen LogP contribution in [-0.2, 0) is 6.54 Å². The molecular weight excluding hydrogens is 293 g/mol. The Bertz CT molecular complexity index is 755. The number of nitriles is 1. The summed E-state index contributed by atoms with van der Waals surface area (Å²) in [5.41, 5.74) is 1.88. The standard InChI is InChI=1S/C18H16FN3O/c19-16-7-6-12(10-20)8-14(16)11-21-18(23)22-17-9-15(17)13-4-2-1-3-5-13/h1-8,15,17H,9,11H2,(H2,21,22,23)/t15-,17+/m1/s1. The van der Waals surface area contributed by atoms with Gasteiger partial charge in [0, 0.05) is 24.1 Å². The zero-order valence-corrected chi connectivity index (χ0v) is 12.4. The quantitative estimate of drug-likeness (QED) is 0.911. The lowest BCUT2D eigenvalue weighted by Gasteiger charge is -2.08. The summed E-state index contributed by atoms with van der Waals surface area (Å²) >= 11 is 0. The van der Waals surface area contributed by atoms with E-state index in [2.05, 4.69) is 10.6 Å². The number of nitrogens with zero attached hydrogens (tertiary/aromatic N) is 1. The second kappa shape index (κ2) is 6.49. The third-order valence-electron chi connectivity index (χ3n) is 3.95. The van der Waals surface area contributed by atoms with E-state index in [-0.39, 0.29) is 18.6 Å². The Morgan fingerprint density at radius 1 is 1.26 bits per heavy atom. The first kappa shape index (κ1) is 15.0. The normalized spacial score (nSPS) is 18.8. The van der Waals surface area contributed by atoms with E-state index in [1.165, 1.54) is 23.8 Å². The molecule has 3 rings (SSSR count). The molecule has 2 atom stereocenters. The van der Waals surface area contributed by atoms with Crippen LogP contribution in [0.15, 0.2) is 48.5 Å². The van der Waals surface area contributed by atoms with Crippen molar-refractivity contribution in [3.8, 4) is 6.07 Å². The first-order chi connectivity index (χ1) is 11.2. The van der Waals surface area contributed by atoms with Gasteiger partial charge in [0.15, 0.2) is 0 Å². The van der Waals surface area contributed by atoms with Gasteiger partial charge in [0.2, 0.25) is 0 Å². The fourth-order valence-electron chi connectivity index (χ4n) is 2.60. The molecule has 2 aromatic rings. The number of urea groups is 1. The first-order valence-electron chi connectivity index (χ1n) is 7.45. The molecule has 2 N–H and O–H groups in total. The van der Waals surface area contributed by atoms with Crippen molar-refractivity contribution < 1.29 is 9.18 Å². The van der Waals surface area contributed by atoms with E-state index >= 15 is 0 Å². The van der Waals surface area contributed by atoms with E-state index < -0.39 is 5.82 Å². The van der Waals surface area contributed by atoms with E-state index in [1.54, 1.807) is 0 Å². The van der Waals surface area contributed by atoms with Crippen molar-refractivity contribution in [2.75, 3.05) is 0 Å². The maximum Gasteiger partial charge on any atom is 0.315 e. The maximum absolute atomic E-state index is 13.6. The van der Waals surface area contributed by atoms with Gasteiger partial charge in [0.1, 0.15) is 5.82 Å². The van der Waals surface area contributed by atoms with Crippen LogP contribution >= 0.6 is 0 Å². The van der Waals surface area contributed by atoms with Gasteiger partial charge in [-0.1, -0.05) is 30.3 Å². The van der Waals surface area contributed by atoms with Crippen LogP contribution in [0.4, 0.5) is 9.18 Å². The Morgan fingerprint density at radius 2 is 2.04 bits per heavy atom. The fourth-order valence-corrected chi connectivity index (χ4v) is 2.60. The minimum Gasteiger partial charge on any atom is -0.335 e. The van der Waals surface area contributed by atoms with E-state index in [0.29, 0.717) is 17.0 Å². The molecule has 23 heavy (non-hydrogen) atoms. The second-order valence-corrected chi connectivity index (χ2v) is 5.60. The highest BCUT2D eigenvalue weighted by atomic mass is 19.1. The second-order valence-electron chi connectivity index (χ2n) is 5.60. The van der Waals surface area contributed by atoms with Crippen LogP contribution in [0.25, 0.3) is 0 Å². The highest BCUT2D eigenvalue weighted by Crippen LogP contribution is 2.40. The van der Waals surface area contributed by atoms with Crippen LogP contribution < -0.4 is 10.6 Å². The summed E-state index contributed by atoms with van der Waals surface area (Å²) in [6.07, 6.45) is 0.912. The lowest BCUT2D eigenvalue weighted by atomic mass is 10.1. The Balaban J connectivity index is 1.51. The number of rotatable bonds is 4. The molecule has 116 valence electrons. The highest BCUT2D eigenvalue weighted by Gasteiger charge is 2.39. The molecule has 2 aromatic carbocycles. The molecule has 0 heterocycles. The highest BCUT2D eigenvalue weighted by molar-refractivity contribution is 5.75. The van der Waals surface area contributed by atoms with Crippen molar-refractivity contribution in [2.45, 2.75) is 24.9 Å². The van der Waals surface area contributed by atoms with Gasteiger partial charge in [-0.25, -0.2) is 9.18 Å². The minimum absolute atomic E-state index is 0.0515. The monoisotopic (exact) mass is 309 g/mol. The van der Waals surface area contributed by atoms with E-state index in [1.807, 2.05) is 36.4 Å². The number of carbonyl (C=O) groups is 1. The molecule has 1 aliphatic rings. The predicted molar refractivity (Wildman–Crippen MR) is 84.1 cm³/mol. The fraction of sp³-hybridized carbons (Fsp3) is 0.222.